The molecule has 0 N–H and O–H groups in total. The van der Waals surface area contributed by atoms with Crippen LogP contribution in [-0.4, -0.2) is 44.4 Å². The minimum absolute atomic E-state index is 0.0410. The van der Waals surface area contributed by atoms with E-state index in [9.17, 15) is 13.6 Å². The minimum atomic E-state index is -0.508. The average molecular weight is 436 g/mol. The van der Waals surface area contributed by atoms with Crippen molar-refractivity contribution in [2.75, 3.05) is 6.54 Å². The Morgan fingerprint density at radius 1 is 1.12 bits per heavy atom. The van der Waals surface area contributed by atoms with Crippen LogP contribution in [0, 0.1) is 24.5 Å². The van der Waals surface area contributed by atoms with E-state index in [0.717, 1.165) is 19.3 Å². The molecule has 1 amide bonds. The number of aromatic nitrogens is 3. The number of pyridine rings is 1. The van der Waals surface area contributed by atoms with Gasteiger partial charge in [0.1, 0.15) is 11.9 Å². The Labute approximate surface area is 184 Å². The van der Waals surface area contributed by atoms with Crippen LogP contribution in [0.1, 0.15) is 35.2 Å². The van der Waals surface area contributed by atoms with Crippen LogP contribution in [0.25, 0.3) is 11.4 Å². The van der Waals surface area contributed by atoms with Gasteiger partial charge < -0.3 is 9.64 Å². The predicted octanol–water partition coefficient (Wildman–Crippen LogP) is 4.20. The second-order valence-corrected chi connectivity index (χ2v) is 8.42. The first kappa shape index (κ1) is 20.5. The molecule has 6 nitrogen and oxygen atoms in total. The van der Waals surface area contributed by atoms with Crippen molar-refractivity contribution in [3.8, 4) is 17.3 Å². The molecular formula is C24H22F2N4O2. The van der Waals surface area contributed by atoms with Gasteiger partial charge in [0.2, 0.25) is 0 Å². The summed E-state index contributed by atoms with van der Waals surface area (Å²) in [5.74, 6) is -0.707. The molecule has 2 bridgehead atoms. The fourth-order valence-electron chi connectivity index (χ4n) is 4.72. The normalized spacial score (nSPS) is 22.1. The summed E-state index contributed by atoms with van der Waals surface area (Å²) in [7, 11) is 0. The van der Waals surface area contributed by atoms with Gasteiger partial charge in [0, 0.05) is 30.7 Å². The van der Waals surface area contributed by atoms with Crippen LogP contribution in [0.2, 0.25) is 0 Å². The highest BCUT2D eigenvalue weighted by Crippen LogP contribution is 2.39. The van der Waals surface area contributed by atoms with Crippen molar-refractivity contribution in [2.24, 2.45) is 5.92 Å². The molecule has 3 aliphatic rings. The number of amides is 1. The Morgan fingerprint density at radius 3 is 2.69 bits per heavy atom. The third kappa shape index (κ3) is 3.81. The van der Waals surface area contributed by atoms with E-state index < -0.39 is 11.6 Å². The van der Waals surface area contributed by atoms with Crippen molar-refractivity contribution in [1.82, 2.24) is 19.9 Å². The molecule has 6 rings (SSSR count). The van der Waals surface area contributed by atoms with Crippen LogP contribution in [0.5, 0.6) is 5.88 Å². The maximum absolute atomic E-state index is 14.3. The molecule has 1 aliphatic carbocycles. The molecule has 3 aromatic rings. The zero-order valence-electron chi connectivity index (χ0n) is 17.5. The van der Waals surface area contributed by atoms with E-state index in [4.69, 9.17) is 4.74 Å². The first-order chi connectivity index (χ1) is 15.5. The van der Waals surface area contributed by atoms with Crippen molar-refractivity contribution in [3.05, 3.63) is 71.7 Å². The van der Waals surface area contributed by atoms with Gasteiger partial charge in [-0.2, -0.15) is 0 Å². The third-order valence-corrected chi connectivity index (χ3v) is 6.21. The highest BCUT2D eigenvalue weighted by Gasteiger charge is 2.45. The van der Waals surface area contributed by atoms with Gasteiger partial charge in [-0.1, -0.05) is 0 Å². The van der Waals surface area contributed by atoms with Gasteiger partial charge >= 0.3 is 0 Å². The summed E-state index contributed by atoms with van der Waals surface area (Å²) in [5.41, 5.74) is 1.40. The van der Waals surface area contributed by atoms with Gasteiger partial charge in [-0.15, -0.1) is 0 Å². The second-order valence-electron chi connectivity index (χ2n) is 8.42. The topological polar surface area (TPSA) is 68.2 Å². The fraction of sp³-hybridized carbons (Fsp3) is 0.333. The lowest BCUT2D eigenvalue weighted by atomic mass is 9.77. The number of halogens is 2. The van der Waals surface area contributed by atoms with Crippen molar-refractivity contribution in [2.45, 2.75) is 38.3 Å². The molecule has 1 aromatic carbocycles. The average Bonchev–Trinajstić information content (AvgIpc) is 2.81. The number of piperidine rings is 2. The maximum Gasteiger partial charge on any atom is 0.254 e. The molecule has 0 radical (unpaired) electrons. The molecule has 32 heavy (non-hydrogen) atoms. The smallest absolute Gasteiger partial charge is 0.254 e. The van der Waals surface area contributed by atoms with Crippen LogP contribution in [0.4, 0.5) is 8.78 Å². The number of benzene rings is 1. The summed E-state index contributed by atoms with van der Waals surface area (Å²) < 4.78 is 34.3. The van der Waals surface area contributed by atoms with E-state index in [0.29, 0.717) is 23.2 Å². The SMILES string of the molecule is Cc1cnc(OC2CC3CCC2N(C(=O)c2ccc(F)cc2-c2ncccn2)C3)c(F)c1. The zero-order valence-corrected chi connectivity index (χ0v) is 17.5. The van der Waals surface area contributed by atoms with Crippen molar-refractivity contribution < 1.29 is 18.3 Å². The highest BCUT2D eigenvalue weighted by molar-refractivity contribution is 6.00. The summed E-state index contributed by atoms with van der Waals surface area (Å²) in [4.78, 5) is 27.8. The Hall–Kier alpha value is -3.42. The van der Waals surface area contributed by atoms with Crippen LogP contribution in [-0.2, 0) is 0 Å². The summed E-state index contributed by atoms with van der Waals surface area (Å²) >= 11 is 0. The number of carbonyl (C=O) groups excluding carboxylic acids is 1. The number of nitrogens with zero attached hydrogens (tertiary/aromatic N) is 4. The molecule has 2 aromatic heterocycles. The van der Waals surface area contributed by atoms with Gasteiger partial charge in [-0.3, -0.25) is 4.79 Å². The fourth-order valence-corrected chi connectivity index (χ4v) is 4.72. The zero-order chi connectivity index (χ0) is 22.2. The van der Waals surface area contributed by atoms with Gasteiger partial charge in [0.05, 0.1) is 11.6 Å². The maximum atomic E-state index is 14.3. The van der Waals surface area contributed by atoms with Gasteiger partial charge in [-0.05, 0) is 68.0 Å². The molecule has 0 spiro atoms. The molecule has 3 unspecified atom stereocenters. The number of hydrogen-bond donors (Lipinski definition) is 0. The molecule has 4 heterocycles. The van der Waals surface area contributed by atoms with E-state index in [1.54, 1.807) is 36.5 Å². The number of rotatable bonds is 4. The quantitative estimate of drug-likeness (QED) is 0.613. The number of aryl methyl sites for hydroxylation is 1. The minimum Gasteiger partial charge on any atom is -0.470 e. The van der Waals surface area contributed by atoms with Crippen molar-refractivity contribution >= 4 is 5.91 Å². The van der Waals surface area contributed by atoms with E-state index in [1.165, 1.54) is 24.3 Å². The van der Waals surface area contributed by atoms with E-state index in [2.05, 4.69) is 15.0 Å². The lowest BCUT2D eigenvalue weighted by Gasteiger charge is -2.49. The molecule has 164 valence electrons. The van der Waals surface area contributed by atoms with Crippen molar-refractivity contribution in [3.63, 3.8) is 0 Å². The molecule has 3 atom stereocenters. The van der Waals surface area contributed by atoms with Crippen LogP contribution < -0.4 is 4.74 Å². The van der Waals surface area contributed by atoms with Crippen LogP contribution in [0.15, 0.2) is 48.9 Å². The number of ether oxygens (including phenoxy) is 1. The molecule has 2 aliphatic heterocycles. The monoisotopic (exact) mass is 436 g/mol. The lowest BCUT2D eigenvalue weighted by molar-refractivity contribution is -0.0326. The first-order valence-corrected chi connectivity index (χ1v) is 10.7. The summed E-state index contributed by atoms with van der Waals surface area (Å²) in [6.07, 6.45) is 6.79. The Morgan fingerprint density at radius 2 is 1.94 bits per heavy atom. The summed E-state index contributed by atoms with van der Waals surface area (Å²) in [5, 5.41) is 0. The molecule has 2 saturated heterocycles. The standard InChI is InChI=1S/C24H22F2N4O2/c1-14-9-19(26)23(29-12-14)32-21-10-15-3-6-20(21)30(13-15)24(31)17-5-4-16(25)11-18(17)22-27-7-2-8-28-22/h2,4-5,7-9,11-12,15,20-21H,3,6,10,13H2,1H3. The summed E-state index contributed by atoms with van der Waals surface area (Å²) in [6, 6.07) is 6.85. The van der Waals surface area contributed by atoms with E-state index in [1.807, 2.05) is 0 Å². The molecule has 3 fully saturated rings. The van der Waals surface area contributed by atoms with E-state index >= 15 is 0 Å². The lowest BCUT2D eigenvalue weighted by Crippen LogP contribution is -2.59. The Bertz CT molecular complexity index is 1160. The van der Waals surface area contributed by atoms with Crippen molar-refractivity contribution in [1.29, 1.82) is 0 Å². The number of carbonyl (C=O) groups is 1. The predicted molar refractivity (Wildman–Crippen MR) is 113 cm³/mol. The Balaban J connectivity index is 1.45. The van der Waals surface area contributed by atoms with Crippen LogP contribution >= 0.6 is 0 Å². The summed E-state index contributed by atoms with van der Waals surface area (Å²) in [6.45, 7) is 2.35. The largest absolute Gasteiger partial charge is 0.470 e. The highest BCUT2D eigenvalue weighted by atomic mass is 19.1. The Kier molecular flexibility index (Phi) is 5.28. The number of fused-ring (bicyclic) bond motifs is 3. The number of hydrogen-bond acceptors (Lipinski definition) is 5. The molecule has 1 saturated carbocycles. The van der Waals surface area contributed by atoms with Gasteiger partial charge in [0.15, 0.2) is 11.6 Å². The van der Waals surface area contributed by atoms with Crippen LogP contribution in [0.3, 0.4) is 0 Å². The van der Waals surface area contributed by atoms with E-state index in [-0.39, 0.29) is 35.7 Å². The molecular weight excluding hydrogens is 414 g/mol. The van der Waals surface area contributed by atoms with Gasteiger partial charge in [0.25, 0.3) is 11.8 Å². The second kappa shape index (κ2) is 8.26. The first-order valence-electron chi connectivity index (χ1n) is 10.7. The third-order valence-electron chi connectivity index (χ3n) is 6.21. The molecule has 8 heteroatoms. The van der Waals surface area contributed by atoms with Gasteiger partial charge in [-0.25, -0.2) is 23.7 Å².